The molecule has 0 aliphatic carbocycles. The van der Waals surface area contributed by atoms with E-state index in [0.717, 1.165) is 12.1 Å². The van der Waals surface area contributed by atoms with E-state index in [9.17, 15) is 12.8 Å². The van der Waals surface area contributed by atoms with Gasteiger partial charge in [-0.15, -0.1) is 0 Å². The van der Waals surface area contributed by atoms with Gasteiger partial charge in [0.15, 0.2) is 5.82 Å². The number of benzene rings is 1. The highest BCUT2D eigenvalue weighted by Gasteiger charge is 2.27. The van der Waals surface area contributed by atoms with Crippen molar-refractivity contribution < 1.29 is 12.8 Å². The third-order valence-corrected chi connectivity index (χ3v) is 6.49. The van der Waals surface area contributed by atoms with E-state index in [0.29, 0.717) is 44.2 Å². The lowest BCUT2D eigenvalue weighted by Gasteiger charge is -2.22. The summed E-state index contributed by atoms with van der Waals surface area (Å²) in [7, 11) is -3.66. The Bertz CT molecular complexity index is 1040. The molecule has 8 nitrogen and oxygen atoms in total. The van der Waals surface area contributed by atoms with Crippen molar-refractivity contribution in [1.29, 1.82) is 0 Å². The Morgan fingerprint density at radius 3 is 2.50 bits per heavy atom. The molecule has 0 radical (unpaired) electrons. The van der Waals surface area contributed by atoms with Gasteiger partial charge < -0.3 is 4.90 Å². The molecular weight excluding hydrogens is 383 g/mol. The van der Waals surface area contributed by atoms with Crippen LogP contribution >= 0.6 is 0 Å². The normalized spacial score (nSPS) is 16.1. The number of nitrogens with zero attached hydrogens (tertiary/aromatic N) is 6. The van der Waals surface area contributed by atoms with Gasteiger partial charge in [-0.25, -0.2) is 22.5 Å². The van der Waals surface area contributed by atoms with E-state index in [4.69, 9.17) is 0 Å². The number of hydrogen-bond acceptors (Lipinski definition) is 6. The lowest BCUT2D eigenvalue weighted by Crippen LogP contribution is -2.35. The van der Waals surface area contributed by atoms with Gasteiger partial charge in [0.05, 0.1) is 17.3 Å². The number of halogens is 1. The number of sulfonamides is 1. The monoisotopic (exact) mass is 402 g/mol. The zero-order valence-electron chi connectivity index (χ0n) is 15.0. The topological polar surface area (TPSA) is 84.2 Å². The highest BCUT2D eigenvalue weighted by atomic mass is 32.2. The molecule has 0 saturated carbocycles. The van der Waals surface area contributed by atoms with Gasteiger partial charge in [0.1, 0.15) is 11.6 Å². The molecule has 146 valence electrons. The van der Waals surface area contributed by atoms with Crippen molar-refractivity contribution in [3.63, 3.8) is 0 Å². The Morgan fingerprint density at radius 2 is 1.75 bits per heavy atom. The van der Waals surface area contributed by atoms with Crippen molar-refractivity contribution >= 4 is 15.8 Å². The van der Waals surface area contributed by atoms with Crippen molar-refractivity contribution in [3.05, 3.63) is 60.9 Å². The van der Waals surface area contributed by atoms with Crippen LogP contribution in [0.25, 0.3) is 5.82 Å². The summed E-state index contributed by atoms with van der Waals surface area (Å²) in [5.41, 5.74) is 0. The minimum atomic E-state index is -3.66. The van der Waals surface area contributed by atoms with Crippen molar-refractivity contribution in [1.82, 2.24) is 24.1 Å². The molecule has 10 heteroatoms. The molecule has 0 N–H and O–H groups in total. The molecule has 1 fully saturated rings. The largest absolute Gasteiger partial charge is 0.354 e. The van der Waals surface area contributed by atoms with Crippen LogP contribution < -0.4 is 4.90 Å². The van der Waals surface area contributed by atoms with Crippen molar-refractivity contribution in [2.45, 2.75) is 11.3 Å². The van der Waals surface area contributed by atoms with Crippen LogP contribution in [0.5, 0.6) is 0 Å². The van der Waals surface area contributed by atoms with Crippen LogP contribution in [0.15, 0.2) is 60.0 Å². The van der Waals surface area contributed by atoms with Gasteiger partial charge in [-0.3, -0.25) is 4.98 Å². The second-order valence-corrected chi connectivity index (χ2v) is 8.32. The third kappa shape index (κ3) is 3.73. The zero-order chi connectivity index (χ0) is 19.6. The molecule has 0 spiro atoms. The molecule has 0 amide bonds. The summed E-state index contributed by atoms with van der Waals surface area (Å²) in [4.78, 5) is 10.9. The minimum Gasteiger partial charge on any atom is -0.354 e. The van der Waals surface area contributed by atoms with Gasteiger partial charge in [0.2, 0.25) is 10.0 Å². The second-order valence-electron chi connectivity index (χ2n) is 6.38. The van der Waals surface area contributed by atoms with Gasteiger partial charge in [0.25, 0.3) is 0 Å². The summed E-state index contributed by atoms with van der Waals surface area (Å²) >= 11 is 0. The molecule has 28 heavy (non-hydrogen) atoms. The summed E-state index contributed by atoms with van der Waals surface area (Å²) in [6, 6.07) is 6.72. The van der Waals surface area contributed by atoms with Gasteiger partial charge in [0, 0.05) is 38.6 Å². The van der Waals surface area contributed by atoms with E-state index in [1.807, 2.05) is 4.90 Å². The quantitative estimate of drug-likeness (QED) is 0.661. The summed E-state index contributed by atoms with van der Waals surface area (Å²) in [5.74, 6) is 0.813. The molecule has 0 unspecified atom stereocenters. The van der Waals surface area contributed by atoms with Crippen LogP contribution in [0.3, 0.4) is 0 Å². The van der Waals surface area contributed by atoms with Crippen LogP contribution in [0.2, 0.25) is 0 Å². The van der Waals surface area contributed by atoms with E-state index in [-0.39, 0.29) is 4.90 Å². The zero-order valence-corrected chi connectivity index (χ0v) is 15.8. The summed E-state index contributed by atoms with van der Waals surface area (Å²) < 4.78 is 41.9. The van der Waals surface area contributed by atoms with E-state index in [1.54, 1.807) is 35.5 Å². The Labute approximate surface area is 162 Å². The lowest BCUT2D eigenvalue weighted by atomic mass is 10.4. The van der Waals surface area contributed by atoms with Crippen molar-refractivity contribution in [3.8, 4) is 5.82 Å². The van der Waals surface area contributed by atoms with Gasteiger partial charge in [-0.2, -0.15) is 9.40 Å². The molecule has 1 aliphatic rings. The first-order chi connectivity index (χ1) is 13.5. The highest BCUT2D eigenvalue weighted by molar-refractivity contribution is 7.89. The maximum absolute atomic E-state index is 13.1. The Kier molecular flexibility index (Phi) is 5.05. The fraction of sp³-hybridized carbons (Fsp3) is 0.278. The molecule has 1 saturated heterocycles. The van der Waals surface area contributed by atoms with Gasteiger partial charge in [-0.05, 0) is 36.8 Å². The van der Waals surface area contributed by atoms with Crippen LogP contribution in [0.1, 0.15) is 6.42 Å². The van der Waals surface area contributed by atoms with Crippen LogP contribution in [-0.2, 0) is 10.0 Å². The number of aromatic nitrogens is 4. The maximum Gasteiger partial charge on any atom is 0.243 e. The predicted octanol–water partition coefficient (Wildman–Crippen LogP) is 1.70. The predicted molar refractivity (Wildman–Crippen MR) is 101 cm³/mol. The lowest BCUT2D eigenvalue weighted by molar-refractivity contribution is 0.433. The first-order valence-electron chi connectivity index (χ1n) is 8.87. The van der Waals surface area contributed by atoms with Crippen LogP contribution in [0.4, 0.5) is 10.2 Å². The van der Waals surface area contributed by atoms with E-state index in [1.165, 1.54) is 16.4 Å². The number of hydrogen-bond donors (Lipinski definition) is 0. The van der Waals surface area contributed by atoms with Gasteiger partial charge >= 0.3 is 0 Å². The highest BCUT2D eigenvalue weighted by Crippen LogP contribution is 2.20. The molecule has 4 rings (SSSR count). The van der Waals surface area contributed by atoms with Gasteiger partial charge in [-0.1, -0.05) is 0 Å². The summed E-state index contributed by atoms with van der Waals surface area (Å²) in [6.45, 7) is 1.85. The molecule has 1 aliphatic heterocycles. The molecule has 3 aromatic rings. The minimum absolute atomic E-state index is 0.0998. The smallest absolute Gasteiger partial charge is 0.243 e. The average Bonchev–Trinajstić information content (AvgIpc) is 3.12. The van der Waals surface area contributed by atoms with Crippen molar-refractivity contribution in [2.75, 3.05) is 31.1 Å². The summed E-state index contributed by atoms with van der Waals surface area (Å²) in [5, 5.41) is 4.16. The summed E-state index contributed by atoms with van der Waals surface area (Å²) in [6.07, 6.45) is 7.39. The van der Waals surface area contributed by atoms with Crippen molar-refractivity contribution in [2.24, 2.45) is 0 Å². The molecule has 0 bridgehead atoms. The molecule has 3 heterocycles. The fourth-order valence-electron chi connectivity index (χ4n) is 3.13. The Balaban J connectivity index is 1.51. The van der Waals surface area contributed by atoms with Crippen LogP contribution in [-0.4, -0.2) is 58.7 Å². The van der Waals surface area contributed by atoms with E-state index >= 15 is 0 Å². The average molecular weight is 402 g/mol. The molecule has 2 aromatic heterocycles. The standard InChI is InChI=1S/C18H19FN6O2S/c19-15-3-5-16(6-4-15)28(26,27)24-9-2-8-23(11-12-24)17-13-20-14-18(22-17)25-10-1-7-21-25/h1,3-7,10,13-14H,2,8-9,11-12H2. The molecular formula is C18H19FN6O2S. The number of anilines is 1. The Hall–Kier alpha value is -2.85. The Morgan fingerprint density at radius 1 is 0.964 bits per heavy atom. The first kappa shape index (κ1) is 18.5. The van der Waals surface area contributed by atoms with E-state index < -0.39 is 15.8 Å². The molecule has 1 aromatic carbocycles. The SMILES string of the molecule is O=S(=O)(c1ccc(F)cc1)N1CCCN(c2cncc(-n3cccn3)n2)CC1. The second kappa shape index (κ2) is 7.64. The van der Waals surface area contributed by atoms with E-state index in [2.05, 4.69) is 15.1 Å². The molecule has 0 atom stereocenters. The fourth-order valence-corrected chi connectivity index (χ4v) is 4.60. The maximum atomic E-state index is 13.1. The van der Waals surface area contributed by atoms with Crippen LogP contribution in [0, 0.1) is 5.82 Å². The third-order valence-electron chi connectivity index (χ3n) is 4.58. The first-order valence-corrected chi connectivity index (χ1v) is 10.3. The number of rotatable bonds is 4.